The molecule has 0 fully saturated rings. The molecule has 180 valence electrons. The van der Waals surface area contributed by atoms with Crippen LogP contribution in [0.15, 0.2) is 47.6 Å². The number of benzene rings is 2. The summed E-state index contributed by atoms with van der Waals surface area (Å²) in [6.07, 6.45) is 0. The van der Waals surface area contributed by atoms with E-state index >= 15 is 0 Å². The first-order valence-corrected chi connectivity index (χ1v) is 12.6. The lowest BCUT2D eigenvalue weighted by molar-refractivity contribution is -0.113. The molecule has 2 aromatic carbocycles. The number of nitrogens with zero attached hydrogens (tertiary/aromatic N) is 3. The van der Waals surface area contributed by atoms with Gasteiger partial charge in [-0.3, -0.25) is 9.59 Å². The number of aromatic nitrogens is 3. The molecular formula is C24H27Cl2N5O2S. The van der Waals surface area contributed by atoms with Gasteiger partial charge in [-0.25, -0.2) is 0 Å². The SMILES string of the molecule is CCn1c(SCC(=O)Nc2ccc(C(C)C)cc2)nnc1[C@H](C)NC(=O)c1ccc(Cl)cc1Cl. The Morgan fingerprint density at radius 1 is 1.06 bits per heavy atom. The molecule has 0 aliphatic carbocycles. The zero-order valence-electron chi connectivity index (χ0n) is 19.4. The van der Waals surface area contributed by atoms with Gasteiger partial charge in [0.2, 0.25) is 5.91 Å². The van der Waals surface area contributed by atoms with Crippen LogP contribution in [0.5, 0.6) is 0 Å². The van der Waals surface area contributed by atoms with Crippen LogP contribution in [-0.4, -0.2) is 32.3 Å². The van der Waals surface area contributed by atoms with E-state index in [9.17, 15) is 9.59 Å². The maximum Gasteiger partial charge on any atom is 0.253 e. The number of thioether (sulfide) groups is 1. The summed E-state index contributed by atoms with van der Waals surface area (Å²) < 4.78 is 1.88. The van der Waals surface area contributed by atoms with Gasteiger partial charge in [0.1, 0.15) is 0 Å². The van der Waals surface area contributed by atoms with Crippen molar-refractivity contribution in [2.45, 2.75) is 51.4 Å². The normalized spacial score (nSPS) is 12.0. The molecule has 2 amide bonds. The molecule has 0 aliphatic heterocycles. The van der Waals surface area contributed by atoms with Gasteiger partial charge < -0.3 is 15.2 Å². The first kappa shape index (κ1) is 26.1. The quantitative estimate of drug-likeness (QED) is 0.341. The second kappa shape index (κ2) is 11.7. The standard InChI is InChI=1S/C24H27Cl2N5O2S/c1-5-31-22(15(4)27-23(33)19-11-8-17(25)12-20(19)26)29-30-24(31)34-13-21(32)28-18-9-6-16(7-10-18)14(2)3/h6-12,14-15H,5,13H2,1-4H3,(H,27,33)(H,28,32)/t15-/m0/s1. The van der Waals surface area contributed by atoms with Crippen LogP contribution in [0.1, 0.15) is 61.4 Å². The van der Waals surface area contributed by atoms with Crippen LogP contribution in [0.2, 0.25) is 10.0 Å². The van der Waals surface area contributed by atoms with Gasteiger partial charge >= 0.3 is 0 Å². The van der Waals surface area contributed by atoms with Gasteiger partial charge in [-0.05, 0) is 55.7 Å². The van der Waals surface area contributed by atoms with Crippen LogP contribution in [0, 0.1) is 0 Å². The lowest BCUT2D eigenvalue weighted by atomic mass is 10.0. The molecule has 1 atom stereocenters. The van der Waals surface area contributed by atoms with Crippen molar-refractivity contribution in [3.05, 3.63) is 69.5 Å². The number of amides is 2. The van der Waals surface area contributed by atoms with E-state index in [1.54, 1.807) is 12.1 Å². The molecule has 0 spiro atoms. The second-order valence-corrected chi connectivity index (χ2v) is 9.80. The van der Waals surface area contributed by atoms with Gasteiger partial charge in [0, 0.05) is 17.3 Å². The predicted molar refractivity (Wildman–Crippen MR) is 138 cm³/mol. The summed E-state index contributed by atoms with van der Waals surface area (Å²) >= 11 is 13.4. The second-order valence-electron chi connectivity index (χ2n) is 8.02. The largest absolute Gasteiger partial charge is 0.342 e. The van der Waals surface area contributed by atoms with Crippen molar-refractivity contribution in [2.24, 2.45) is 0 Å². The van der Waals surface area contributed by atoms with E-state index < -0.39 is 6.04 Å². The van der Waals surface area contributed by atoms with E-state index in [0.29, 0.717) is 34.0 Å². The van der Waals surface area contributed by atoms with Crippen LogP contribution in [0.3, 0.4) is 0 Å². The average molecular weight is 520 g/mol. The van der Waals surface area contributed by atoms with E-state index in [2.05, 4.69) is 34.7 Å². The minimum Gasteiger partial charge on any atom is -0.342 e. The Morgan fingerprint density at radius 2 is 1.76 bits per heavy atom. The molecule has 0 aliphatic rings. The number of anilines is 1. The number of halogens is 2. The molecule has 0 bridgehead atoms. The number of hydrogen-bond donors (Lipinski definition) is 2. The van der Waals surface area contributed by atoms with Crippen LogP contribution in [0.25, 0.3) is 0 Å². The Bertz CT molecular complexity index is 1160. The summed E-state index contributed by atoms with van der Waals surface area (Å²) in [5.41, 5.74) is 2.30. The maximum atomic E-state index is 12.7. The van der Waals surface area contributed by atoms with Crippen molar-refractivity contribution in [2.75, 3.05) is 11.1 Å². The molecule has 1 heterocycles. The predicted octanol–water partition coefficient (Wildman–Crippen LogP) is 5.95. The van der Waals surface area contributed by atoms with Gasteiger partial charge in [0.25, 0.3) is 5.91 Å². The highest BCUT2D eigenvalue weighted by Gasteiger charge is 2.21. The maximum absolute atomic E-state index is 12.7. The van der Waals surface area contributed by atoms with Crippen LogP contribution < -0.4 is 10.6 Å². The summed E-state index contributed by atoms with van der Waals surface area (Å²) in [5, 5.41) is 15.6. The molecule has 0 unspecified atom stereocenters. The summed E-state index contributed by atoms with van der Waals surface area (Å²) in [6, 6.07) is 12.1. The molecule has 10 heteroatoms. The number of hydrogen-bond acceptors (Lipinski definition) is 5. The highest BCUT2D eigenvalue weighted by Crippen LogP contribution is 2.24. The lowest BCUT2D eigenvalue weighted by Crippen LogP contribution is -2.29. The Balaban J connectivity index is 1.61. The van der Waals surface area contributed by atoms with Crippen molar-refractivity contribution in [1.29, 1.82) is 0 Å². The highest BCUT2D eigenvalue weighted by molar-refractivity contribution is 7.99. The smallest absolute Gasteiger partial charge is 0.253 e. The van der Waals surface area contributed by atoms with Crippen molar-refractivity contribution in [3.63, 3.8) is 0 Å². The number of carbonyl (C=O) groups is 2. The summed E-state index contributed by atoms with van der Waals surface area (Å²) in [4.78, 5) is 25.1. The fourth-order valence-electron chi connectivity index (χ4n) is 3.32. The Kier molecular flexibility index (Phi) is 8.99. The van der Waals surface area contributed by atoms with Gasteiger partial charge in [-0.15, -0.1) is 10.2 Å². The fourth-order valence-corrected chi connectivity index (χ4v) is 4.62. The van der Waals surface area contributed by atoms with Gasteiger partial charge in [0.05, 0.1) is 22.4 Å². The summed E-state index contributed by atoms with van der Waals surface area (Å²) in [6.45, 7) is 8.62. The van der Waals surface area contributed by atoms with Crippen LogP contribution >= 0.6 is 35.0 Å². The van der Waals surface area contributed by atoms with Gasteiger partial charge in [-0.1, -0.05) is 60.9 Å². The van der Waals surface area contributed by atoms with Crippen molar-refractivity contribution in [1.82, 2.24) is 20.1 Å². The Morgan fingerprint density at radius 3 is 2.38 bits per heavy atom. The number of carbonyl (C=O) groups excluding carboxylic acids is 2. The first-order valence-electron chi connectivity index (χ1n) is 10.9. The minimum atomic E-state index is -0.422. The molecule has 3 rings (SSSR count). The summed E-state index contributed by atoms with van der Waals surface area (Å²) in [7, 11) is 0. The third-order valence-corrected chi connectivity index (χ3v) is 6.68. The summed E-state index contributed by atoms with van der Waals surface area (Å²) in [5.74, 6) is 0.744. The molecule has 3 aromatic rings. The van der Waals surface area contributed by atoms with Crippen molar-refractivity contribution < 1.29 is 9.59 Å². The number of nitrogens with one attached hydrogen (secondary N) is 2. The third-order valence-electron chi connectivity index (χ3n) is 5.17. The van der Waals surface area contributed by atoms with E-state index in [1.807, 2.05) is 42.7 Å². The zero-order valence-corrected chi connectivity index (χ0v) is 21.8. The molecule has 0 saturated carbocycles. The molecule has 2 N–H and O–H groups in total. The van der Waals surface area contributed by atoms with E-state index in [4.69, 9.17) is 23.2 Å². The van der Waals surface area contributed by atoms with Crippen molar-refractivity contribution in [3.8, 4) is 0 Å². The molecule has 7 nitrogen and oxygen atoms in total. The molecule has 0 saturated heterocycles. The van der Waals surface area contributed by atoms with Crippen LogP contribution in [-0.2, 0) is 11.3 Å². The lowest BCUT2D eigenvalue weighted by Gasteiger charge is -2.15. The van der Waals surface area contributed by atoms with Gasteiger partial charge in [-0.2, -0.15) is 0 Å². The molecular weight excluding hydrogens is 493 g/mol. The Hall–Kier alpha value is -2.55. The van der Waals surface area contributed by atoms with E-state index in [-0.39, 0.29) is 22.6 Å². The van der Waals surface area contributed by atoms with Crippen LogP contribution in [0.4, 0.5) is 5.69 Å². The fraction of sp³-hybridized carbons (Fsp3) is 0.333. The topological polar surface area (TPSA) is 88.9 Å². The average Bonchev–Trinajstić information content (AvgIpc) is 3.21. The zero-order chi connectivity index (χ0) is 24.8. The molecule has 0 radical (unpaired) electrons. The minimum absolute atomic E-state index is 0.131. The van der Waals surface area contributed by atoms with Crippen molar-refractivity contribution >= 4 is 52.5 Å². The monoisotopic (exact) mass is 519 g/mol. The van der Waals surface area contributed by atoms with Gasteiger partial charge in [0.15, 0.2) is 11.0 Å². The van der Waals surface area contributed by atoms with E-state index in [0.717, 1.165) is 5.69 Å². The number of rotatable bonds is 9. The Labute approximate surface area is 213 Å². The first-order chi connectivity index (χ1) is 16.2. The van der Waals surface area contributed by atoms with E-state index in [1.165, 1.54) is 23.4 Å². The molecule has 1 aromatic heterocycles. The third kappa shape index (κ3) is 6.52. The highest BCUT2D eigenvalue weighted by atomic mass is 35.5. The molecule has 34 heavy (non-hydrogen) atoms.